The molecule has 3 heteroatoms. The molecule has 1 aromatic carbocycles. The van der Waals surface area contributed by atoms with E-state index in [1.54, 1.807) is 7.11 Å². The minimum Gasteiger partial charge on any atom is -0.504 e. The number of methoxy groups -OCH3 is 1. The van der Waals surface area contributed by atoms with Crippen LogP contribution in [-0.2, 0) is 5.41 Å². The topological polar surface area (TPSA) is 29.5 Å². The Morgan fingerprint density at radius 2 is 1.65 bits per heavy atom. The van der Waals surface area contributed by atoms with Crippen LogP contribution in [0.3, 0.4) is 0 Å². The number of rotatable bonds is 2. The smallest absolute Gasteiger partial charge is 0.162 e. The lowest BCUT2D eigenvalue weighted by Gasteiger charge is -2.57. The molecule has 4 fully saturated rings. The summed E-state index contributed by atoms with van der Waals surface area (Å²) in [5.74, 6) is 3.60. The van der Waals surface area contributed by atoms with E-state index in [-0.39, 0.29) is 5.41 Å². The summed E-state index contributed by atoms with van der Waals surface area (Å²) in [4.78, 5) is 0. The Morgan fingerprint density at radius 3 is 2.15 bits per heavy atom. The minimum absolute atomic E-state index is 0.187. The first kappa shape index (κ1) is 13.0. The quantitative estimate of drug-likeness (QED) is 0.852. The Morgan fingerprint density at radius 1 is 1.10 bits per heavy atom. The molecule has 4 aliphatic rings. The largest absolute Gasteiger partial charge is 0.504 e. The van der Waals surface area contributed by atoms with Crippen LogP contribution < -0.4 is 4.74 Å². The Kier molecular flexibility index (Phi) is 2.86. The van der Waals surface area contributed by atoms with Crippen LogP contribution in [0.4, 0.5) is 0 Å². The summed E-state index contributed by atoms with van der Waals surface area (Å²) in [6, 6.07) is 3.88. The molecule has 0 unspecified atom stereocenters. The molecule has 108 valence electrons. The Bertz CT molecular complexity index is 517. The molecule has 2 nitrogen and oxygen atoms in total. The van der Waals surface area contributed by atoms with Gasteiger partial charge in [-0.2, -0.15) is 0 Å². The third-order valence-electron chi connectivity index (χ3n) is 5.88. The van der Waals surface area contributed by atoms with Crippen molar-refractivity contribution in [1.29, 1.82) is 0 Å². The van der Waals surface area contributed by atoms with Crippen LogP contribution in [0, 0.1) is 17.8 Å². The molecule has 0 amide bonds. The van der Waals surface area contributed by atoms with Crippen LogP contribution in [0.15, 0.2) is 16.6 Å². The van der Waals surface area contributed by atoms with Crippen molar-refractivity contribution in [3.05, 3.63) is 22.2 Å². The summed E-state index contributed by atoms with van der Waals surface area (Å²) in [6.45, 7) is 0. The number of hydrogen-bond donors (Lipinski definition) is 1. The molecular formula is C17H21BrO2. The highest BCUT2D eigenvalue weighted by Gasteiger charge is 2.53. The lowest BCUT2D eigenvalue weighted by Crippen LogP contribution is -2.48. The van der Waals surface area contributed by atoms with Crippen molar-refractivity contribution in [2.75, 3.05) is 7.11 Å². The monoisotopic (exact) mass is 336 g/mol. The van der Waals surface area contributed by atoms with E-state index in [9.17, 15) is 5.11 Å². The van der Waals surface area contributed by atoms with Gasteiger partial charge in [-0.25, -0.2) is 0 Å². The van der Waals surface area contributed by atoms with Gasteiger partial charge in [0.15, 0.2) is 11.5 Å². The fraction of sp³-hybridized carbons (Fsp3) is 0.647. The molecule has 0 radical (unpaired) electrons. The van der Waals surface area contributed by atoms with Crippen molar-refractivity contribution in [3.8, 4) is 11.5 Å². The van der Waals surface area contributed by atoms with E-state index >= 15 is 0 Å². The molecule has 4 aliphatic carbocycles. The van der Waals surface area contributed by atoms with E-state index < -0.39 is 0 Å². The maximum absolute atomic E-state index is 10.7. The fourth-order valence-electron chi connectivity index (χ4n) is 5.63. The first-order valence-electron chi connectivity index (χ1n) is 7.67. The summed E-state index contributed by atoms with van der Waals surface area (Å²) < 4.78 is 6.39. The molecule has 0 aromatic heterocycles. The fourth-order valence-corrected chi connectivity index (χ4v) is 6.37. The zero-order chi connectivity index (χ0) is 13.9. The molecule has 0 aliphatic heterocycles. The number of aromatic hydroxyl groups is 1. The van der Waals surface area contributed by atoms with E-state index in [0.29, 0.717) is 11.5 Å². The zero-order valence-corrected chi connectivity index (χ0v) is 13.4. The van der Waals surface area contributed by atoms with Gasteiger partial charge in [-0.15, -0.1) is 0 Å². The van der Waals surface area contributed by atoms with Crippen molar-refractivity contribution in [3.63, 3.8) is 0 Å². The maximum atomic E-state index is 10.7. The SMILES string of the molecule is COc1ccc(Br)c(C23CC4CC(CC(C4)C2)C3)c1O. The summed E-state index contributed by atoms with van der Waals surface area (Å²) in [5, 5.41) is 10.7. The second-order valence-electron chi connectivity index (χ2n) is 7.17. The molecule has 1 aromatic rings. The lowest BCUT2D eigenvalue weighted by atomic mass is 9.48. The van der Waals surface area contributed by atoms with Gasteiger partial charge < -0.3 is 9.84 Å². The summed E-state index contributed by atoms with van der Waals surface area (Å²) >= 11 is 3.69. The number of ether oxygens (including phenoxy) is 1. The van der Waals surface area contributed by atoms with E-state index in [0.717, 1.165) is 27.8 Å². The van der Waals surface area contributed by atoms with E-state index in [4.69, 9.17) is 4.74 Å². The van der Waals surface area contributed by atoms with Crippen LogP contribution in [0.2, 0.25) is 0 Å². The van der Waals surface area contributed by atoms with Gasteiger partial charge in [-0.05, 0) is 68.4 Å². The number of hydrogen-bond acceptors (Lipinski definition) is 2. The second-order valence-corrected chi connectivity index (χ2v) is 8.03. The van der Waals surface area contributed by atoms with E-state index in [1.165, 1.54) is 38.5 Å². The molecular weight excluding hydrogens is 316 g/mol. The van der Waals surface area contributed by atoms with Gasteiger partial charge in [0.2, 0.25) is 0 Å². The molecule has 5 rings (SSSR count). The van der Waals surface area contributed by atoms with Crippen LogP contribution in [-0.4, -0.2) is 12.2 Å². The molecule has 20 heavy (non-hydrogen) atoms. The molecule has 0 atom stereocenters. The first-order chi connectivity index (χ1) is 9.61. The maximum Gasteiger partial charge on any atom is 0.162 e. The van der Waals surface area contributed by atoms with Gasteiger partial charge >= 0.3 is 0 Å². The molecule has 1 N–H and O–H groups in total. The lowest BCUT2D eigenvalue weighted by molar-refractivity contribution is -0.00661. The third kappa shape index (κ3) is 1.75. The number of benzene rings is 1. The highest BCUT2D eigenvalue weighted by atomic mass is 79.9. The average molecular weight is 337 g/mol. The van der Waals surface area contributed by atoms with Crippen LogP contribution in [0.5, 0.6) is 11.5 Å². The zero-order valence-electron chi connectivity index (χ0n) is 11.9. The molecule has 0 heterocycles. The van der Waals surface area contributed by atoms with Crippen molar-refractivity contribution < 1.29 is 9.84 Å². The van der Waals surface area contributed by atoms with Crippen molar-refractivity contribution in [1.82, 2.24) is 0 Å². The highest BCUT2D eigenvalue weighted by Crippen LogP contribution is 2.63. The summed E-state index contributed by atoms with van der Waals surface area (Å²) in [5.41, 5.74) is 1.31. The van der Waals surface area contributed by atoms with Gasteiger partial charge in [0.05, 0.1) is 7.11 Å². The normalized spacial score (nSPS) is 38.2. The first-order valence-corrected chi connectivity index (χ1v) is 8.46. The highest BCUT2D eigenvalue weighted by molar-refractivity contribution is 9.10. The van der Waals surface area contributed by atoms with Gasteiger partial charge in [-0.3, -0.25) is 0 Å². The number of phenols is 1. The molecule has 4 saturated carbocycles. The van der Waals surface area contributed by atoms with Crippen molar-refractivity contribution in [2.45, 2.75) is 43.9 Å². The third-order valence-corrected chi connectivity index (χ3v) is 6.54. The van der Waals surface area contributed by atoms with E-state index in [1.807, 2.05) is 12.1 Å². The summed E-state index contributed by atoms with van der Waals surface area (Å²) in [6.07, 6.45) is 8.00. The van der Waals surface area contributed by atoms with Crippen molar-refractivity contribution >= 4 is 15.9 Å². The molecule has 0 spiro atoms. The van der Waals surface area contributed by atoms with E-state index in [2.05, 4.69) is 15.9 Å². The van der Waals surface area contributed by atoms with Crippen LogP contribution in [0.1, 0.15) is 44.1 Å². The Labute approximate surface area is 128 Å². The molecule has 4 bridgehead atoms. The standard InChI is InChI=1S/C17H21BrO2/c1-20-14-3-2-13(18)15(16(14)19)17-7-10-4-11(8-17)6-12(5-10)9-17/h2-3,10-12,19H,4-9H2,1H3. The Balaban J connectivity index is 1.84. The number of phenolic OH excluding ortho intramolecular Hbond substituents is 1. The van der Waals surface area contributed by atoms with Gasteiger partial charge in [0.1, 0.15) is 0 Å². The predicted molar refractivity (Wildman–Crippen MR) is 82.2 cm³/mol. The average Bonchev–Trinajstić information content (AvgIpc) is 2.37. The van der Waals surface area contributed by atoms with Gasteiger partial charge in [0, 0.05) is 15.5 Å². The second kappa shape index (κ2) is 4.40. The van der Waals surface area contributed by atoms with Crippen molar-refractivity contribution in [2.24, 2.45) is 17.8 Å². The van der Waals surface area contributed by atoms with Gasteiger partial charge in [0.25, 0.3) is 0 Å². The Hall–Kier alpha value is -0.700. The number of halogens is 1. The molecule has 0 saturated heterocycles. The minimum atomic E-state index is 0.187. The van der Waals surface area contributed by atoms with Crippen LogP contribution >= 0.6 is 15.9 Å². The summed E-state index contributed by atoms with van der Waals surface area (Å²) in [7, 11) is 1.63. The van der Waals surface area contributed by atoms with Crippen LogP contribution in [0.25, 0.3) is 0 Å². The predicted octanol–water partition coefficient (Wildman–Crippen LogP) is 4.63. The van der Waals surface area contributed by atoms with Gasteiger partial charge in [-0.1, -0.05) is 15.9 Å².